The van der Waals surface area contributed by atoms with Crippen LogP contribution in [0.5, 0.6) is 5.75 Å². The minimum atomic E-state index is -4.71. The zero-order chi connectivity index (χ0) is 37.9. The lowest BCUT2D eigenvalue weighted by molar-refractivity contribution is -0.163. The van der Waals surface area contributed by atoms with Crippen LogP contribution >= 0.6 is 0 Å². The predicted octanol–water partition coefficient (Wildman–Crippen LogP) is 9.22. The normalized spacial score (nSPS) is 16.7. The number of benzene rings is 4. The van der Waals surface area contributed by atoms with E-state index in [9.17, 15) is 27.6 Å². The van der Waals surface area contributed by atoms with Crippen LogP contribution in [0.25, 0.3) is 23.3 Å². The molecule has 2 aliphatic heterocycles. The number of rotatable bonds is 10. The first-order valence-electron chi connectivity index (χ1n) is 17.8. The van der Waals surface area contributed by atoms with Crippen LogP contribution in [-0.2, 0) is 22.3 Å². The van der Waals surface area contributed by atoms with Gasteiger partial charge in [-0.15, -0.1) is 0 Å². The van der Waals surface area contributed by atoms with Crippen LogP contribution < -0.4 is 4.74 Å². The van der Waals surface area contributed by atoms with E-state index in [1.807, 2.05) is 60.4 Å². The number of fused-ring (bicyclic) bond motifs is 1. The molecule has 1 atom stereocenters. The Bertz CT molecular complexity index is 2000. The molecular formula is C43H43F3N2O5. The molecule has 0 aliphatic carbocycles. The lowest BCUT2D eigenvalue weighted by Gasteiger charge is -2.36. The van der Waals surface area contributed by atoms with Crippen molar-refractivity contribution in [2.24, 2.45) is 0 Å². The third-order valence-corrected chi connectivity index (χ3v) is 9.56. The molecular weight excluding hydrogens is 681 g/mol. The molecule has 2 amide bonds. The molecule has 0 spiro atoms. The van der Waals surface area contributed by atoms with Crippen molar-refractivity contribution in [3.63, 3.8) is 0 Å². The maximum Gasteiger partial charge on any atom is 0.417 e. The highest BCUT2D eigenvalue weighted by Crippen LogP contribution is 2.39. The van der Waals surface area contributed by atoms with Gasteiger partial charge in [0, 0.05) is 12.1 Å². The van der Waals surface area contributed by atoms with E-state index in [0.29, 0.717) is 24.1 Å². The molecule has 1 fully saturated rings. The molecule has 276 valence electrons. The summed E-state index contributed by atoms with van der Waals surface area (Å²) in [6.07, 6.45) is 0.457. The summed E-state index contributed by atoms with van der Waals surface area (Å²) in [5.41, 5.74) is 2.78. The number of alkyl halides is 3. The SMILES string of the molecule is Cc1c(/C=C/c2cc(OCCN3C(=O)c4ccccc4C3=O)c(CN3CCCC[C@H]3C(=O)OC(C)(C)C)cc2C(F)(F)F)cccc1-c1ccccc1. The van der Waals surface area contributed by atoms with Crippen molar-refractivity contribution in [2.75, 3.05) is 19.7 Å². The Balaban J connectivity index is 1.35. The molecule has 0 aromatic heterocycles. The molecule has 6 rings (SSSR count). The molecule has 10 heteroatoms. The number of likely N-dealkylation sites (tertiary alicyclic amines) is 1. The minimum absolute atomic E-state index is 0.00242. The average molecular weight is 725 g/mol. The van der Waals surface area contributed by atoms with Gasteiger partial charge in [-0.1, -0.05) is 79.2 Å². The standard InChI is InChI=1S/C43H43F3N2O5/c1-28-29(15-12-18-33(28)30-13-6-5-7-14-30)20-21-31-26-38(52-24-23-48-39(49)34-16-8-9-17-35(34)40(48)50)32(25-36(31)43(44,45)46)27-47-22-11-10-19-37(47)41(51)53-42(2,3)4/h5-9,12-18,20-21,25-26,37H,10-11,19,22-24,27H2,1-4H3/b21-20+/t37-/m0/s1. The molecule has 0 unspecified atom stereocenters. The van der Waals surface area contributed by atoms with E-state index in [1.54, 1.807) is 51.1 Å². The number of carbonyl (C=O) groups excluding carboxylic acids is 3. The van der Waals surface area contributed by atoms with Crippen LogP contribution in [0.3, 0.4) is 0 Å². The number of amides is 2. The van der Waals surface area contributed by atoms with Gasteiger partial charge in [-0.3, -0.25) is 24.2 Å². The predicted molar refractivity (Wildman–Crippen MR) is 198 cm³/mol. The van der Waals surface area contributed by atoms with Gasteiger partial charge in [0.05, 0.1) is 23.2 Å². The highest BCUT2D eigenvalue weighted by molar-refractivity contribution is 6.21. The molecule has 0 bridgehead atoms. The number of halogens is 3. The lowest BCUT2D eigenvalue weighted by Crippen LogP contribution is -2.46. The van der Waals surface area contributed by atoms with Gasteiger partial charge in [0.25, 0.3) is 11.8 Å². The van der Waals surface area contributed by atoms with E-state index in [-0.39, 0.29) is 36.6 Å². The van der Waals surface area contributed by atoms with E-state index in [1.165, 1.54) is 12.1 Å². The number of nitrogens with zero attached hydrogens (tertiary/aromatic N) is 2. The van der Waals surface area contributed by atoms with E-state index in [2.05, 4.69) is 0 Å². The summed E-state index contributed by atoms with van der Waals surface area (Å²) >= 11 is 0. The summed E-state index contributed by atoms with van der Waals surface area (Å²) in [6.45, 7) is 7.49. The van der Waals surface area contributed by atoms with Crippen molar-refractivity contribution in [2.45, 2.75) is 71.3 Å². The van der Waals surface area contributed by atoms with Gasteiger partial charge in [-0.05, 0) is 99.2 Å². The molecule has 2 heterocycles. The molecule has 4 aromatic rings. The van der Waals surface area contributed by atoms with Gasteiger partial charge in [0.1, 0.15) is 24.0 Å². The average Bonchev–Trinajstić information content (AvgIpc) is 3.36. The third-order valence-electron chi connectivity index (χ3n) is 9.56. The Kier molecular flexibility index (Phi) is 10.9. The highest BCUT2D eigenvalue weighted by atomic mass is 19.4. The third kappa shape index (κ3) is 8.54. The smallest absolute Gasteiger partial charge is 0.417 e. The molecule has 7 nitrogen and oxygen atoms in total. The number of ether oxygens (including phenoxy) is 2. The van der Waals surface area contributed by atoms with Crippen molar-refractivity contribution < 1.29 is 37.0 Å². The van der Waals surface area contributed by atoms with Crippen molar-refractivity contribution in [3.8, 4) is 16.9 Å². The summed E-state index contributed by atoms with van der Waals surface area (Å²) in [7, 11) is 0. The monoisotopic (exact) mass is 724 g/mol. The summed E-state index contributed by atoms with van der Waals surface area (Å²) in [5.74, 6) is -1.16. The van der Waals surface area contributed by atoms with Crippen molar-refractivity contribution in [1.82, 2.24) is 9.80 Å². The van der Waals surface area contributed by atoms with Gasteiger partial charge in [0.2, 0.25) is 0 Å². The number of piperidine rings is 1. The first-order chi connectivity index (χ1) is 25.2. The van der Waals surface area contributed by atoms with Crippen molar-refractivity contribution in [1.29, 1.82) is 0 Å². The zero-order valence-electron chi connectivity index (χ0n) is 30.3. The Morgan fingerprint density at radius 1 is 0.830 bits per heavy atom. The Labute approximate surface area is 308 Å². The van der Waals surface area contributed by atoms with E-state index >= 15 is 0 Å². The van der Waals surface area contributed by atoms with E-state index < -0.39 is 41.2 Å². The van der Waals surface area contributed by atoms with E-state index in [4.69, 9.17) is 9.47 Å². The van der Waals surface area contributed by atoms with Crippen molar-refractivity contribution in [3.05, 3.63) is 124 Å². The summed E-state index contributed by atoms with van der Waals surface area (Å²) in [5, 5.41) is 0. The van der Waals surface area contributed by atoms with Crippen LogP contribution in [0.15, 0.2) is 84.9 Å². The lowest BCUT2D eigenvalue weighted by atomic mass is 9.95. The fourth-order valence-corrected chi connectivity index (χ4v) is 6.95. The van der Waals surface area contributed by atoms with Gasteiger partial charge in [-0.2, -0.15) is 13.2 Å². The first kappa shape index (κ1) is 37.5. The van der Waals surface area contributed by atoms with Gasteiger partial charge < -0.3 is 9.47 Å². The summed E-state index contributed by atoms with van der Waals surface area (Å²) in [6, 6.07) is 23.8. The van der Waals surface area contributed by atoms with Crippen LogP contribution in [0.1, 0.15) is 88.6 Å². The zero-order valence-corrected chi connectivity index (χ0v) is 30.3. The number of imide groups is 1. The maximum atomic E-state index is 14.8. The van der Waals surface area contributed by atoms with Crippen LogP contribution in [-0.4, -0.2) is 58.9 Å². The molecule has 0 radical (unpaired) electrons. The van der Waals surface area contributed by atoms with Gasteiger partial charge >= 0.3 is 12.1 Å². The van der Waals surface area contributed by atoms with Gasteiger partial charge in [-0.25, -0.2) is 0 Å². The number of hydrogen-bond acceptors (Lipinski definition) is 6. The number of carbonyl (C=O) groups is 3. The Hall–Kier alpha value is -5.22. The fraction of sp³-hybridized carbons (Fsp3) is 0.326. The van der Waals surface area contributed by atoms with Gasteiger partial charge in [0.15, 0.2) is 0 Å². The maximum absolute atomic E-state index is 14.8. The molecule has 1 saturated heterocycles. The number of hydrogen-bond donors (Lipinski definition) is 0. The molecule has 53 heavy (non-hydrogen) atoms. The second-order valence-corrected chi connectivity index (χ2v) is 14.4. The molecule has 4 aromatic carbocycles. The second kappa shape index (κ2) is 15.4. The van der Waals surface area contributed by atoms with Crippen LogP contribution in [0, 0.1) is 6.92 Å². The largest absolute Gasteiger partial charge is 0.491 e. The van der Waals surface area contributed by atoms with Crippen LogP contribution in [0.4, 0.5) is 13.2 Å². The fourth-order valence-electron chi connectivity index (χ4n) is 6.95. The van der Waals surface area contributed by atoms with Crippen molar-refractivity contribution >= 4 is 29.9 Å². The topological polar surface area (TPSA) is 76.2 Å². The summed E-state index contributed by atoms with van der Waals surface area (Å²) < 4.78 is 56.4. The van der Waals surface area contributed by atoms with E-state index in [0.717, 1.165) is 46.1 Å². The Morgan fingerprint density at radius 2 is 1.47 bits per heavy atom. The molecule has 0 N–H and O–H groups in total. The first-order valence-corrected chi connectivity index (χ1v) is 17.8. The van der Waals surface area contributed by atoms with Crippen LogP contribution in [0.2, 0.25) is 0 Å². The molecule has 2 aliphatic rings. The minimum Gasteiger partial charge on any atom is -0.491 e. The molecule has 0 saturated carbocycles. The second-order valence-electron chi connectivity index (χ2n) is 14.4. The highest BCUT2D eigenvalue weighted by Gasteiger charge is 2.37. The summed E-state index contributed by atoms with van der Waals surface area (Å²) in [4.78, 5) is 42.2. The Morgan fingerprint density at radius 3 is 2.13 bits per heavy atom. The number of esters is 1. The quantitative estimate of drug-likeness (QED) is 0.0923.